The van der Waals surface area contributed by atoms with E-state index in [0.717, 1.165) is 11.8 Å². The number of nitrogens with two attached hydrogens (primary N) is 1. The highest BCUT2D eigenvalue weighted by Gasteiger charge is 2.41. The predicted molar refractivity (Wildman–Crippen MR) is 63.7 cm³/mol. The summed E-state index contributed by atoms with van der Waals surface area (Å²) in [6.45, 7) is 3.43. The lowest BCUT2D eigenvalue weighted by atomic mass is 9.96. The van der Waals surface area contributed by atoms with Crippen molar-refractivity contribution in [1.82, 2.24) is 4.90 Å². The quantitative estimate of drug-likeness (QED) is 0.775. The van der Waals surface area contributed by atoms with Crippen LogP contribution in [0.25, 0.3) is 0 Å². The molecule has 0 aromatic heterocycles. The molecule has 2 nitrogen and oxygen atoms in total. The third-order valence-electron chi connectivity index (χ3n) is 4.06. The largest absolute Gasteiger partial charge is 0.329 e. The minimum Gasteiger partial charge on any atom is -0.329 e. The number of likely N-dealkylation sites (tertiary alicyclic amines) is 1. The van der Waals surface area contributed by atoms with Crippen molar-refractivity contribution in [2.45, 2.75) is 42.9 Å². The van der Waals surface area contributed by atoms with Crippen molar-refractivity contribution in [3.05, 3.63) is 0 Å². The minimum absolute atomic E-state index is 0.393. The Balaban J connectivity index is 1.99. The Labute approximate surface area is 91.6 Å². The third-order valence-corrected chi connectivity index (χ3v) is 5.11. The lowest BCUT2D eigenvalue weighted by Gasteiger charge is -2.38. The van der Waals surface area contributed by atoms with Gasteiger partial charge in [0.2, 0.25) is 0 Å². The van der Waals surface area contributed by atoms with E-state index in [1.807, 2.05) is 11.8 Å². The zero-order chi connectivity index (χ0) is 10.0. The number of hydrogen-bond acceptors (Lipinski definition) is 3. The van der Waals surface area contributed by atoms with Gasteiger partial charge in [0.05, 0.1) is 0 Å². The van der Waals surface area contributed by atoms with Crippen LogP contribution < -0.4 is 5.73 Å². The van der Waals surface area contributed by atoms with Crippen LogP contribution in [0.3, 0.4) is 0 Å². The van der Waals surface area contributed by atoms with Crippen molar-refractivity contribution < 1.29 is 0 Å². The van der Waals surface area contributed by atoms with Gasteiger partial charge in [0.25, 0.3) is 0 Å². The zero-order valence-electron chi connectivity index (χ0n) is 9.17. The second-order valence-electron chi connectivity index (χ2n) is 4.73. The lowest BCUT2D eigenvalue weighted by molar-refractivity contribution is 0.131. The fourth-order valence-corrected chi connectivity index (χ4v) is 3.70. The number of nitrogens with zero attached hydrogens (tertiary/aromatic N) is 1. The summed E-state index contributed by atoms with van der Waals surface area (Å²) >= 11 is 2.02. The van der Waals surface area contributed by atoms with Crippen LogP contribution in [0.15, 0.2) is 0 Å². The maximum Gasteiger partial charge on any atom is 0.0332 e. The van der Waals surface area contributed by atoms with Crippen molar-refractivity contribution >= 4 is 11.8 Å². The number of rotatable bonds is 3. The van der Waals surface area contributed by atoms with Crippen LogP contribution in [0, 0.1) is 0 Å². The van der Waals surface area contributed by atoms with Crippen molar-refractivity contribution in [3.8, 4) is 0 Å². The normalized spacial score (nSPS) is 32.6. The van der Waals surface area contributed by atoms with E-state index in [4.69, 9.17) is 5.73 Å². The second kappa shape index (κ2) is 4.42. The Hall–Kier alpha value is 0.270. The van der Waals surface area contributed by atoms with E-state index in [1.165, 1.54) is 45.2 Å². The molecule has 1 unspecified atom stereocenters. The van der Waals surface area contributed by atoms with Crippen LogP contribution in [0.4, 0.5) is 0 Å². The monoisotopic (exact) mass is 214 g/mol. The molecule has 0 amide bonds. The van der Waals surface area contributed by atoms with E-state index in [2.05, 4.69) is 11.2 Å². The van der Waals surface area contributed by atoms with Crippen molar-refractivity contribution in [1.29, 1.82) is 0 Å². The van der Waals surface area contributed by atoms with Crippen LogP contribution >= 0.6 is 11.8 Å². The predicted octanol–water partition coefficient (Wildman–Crippen LogP) is 1.70. The summed E-state index contributed by atoms with van der Waals surface area (Å²) in [6, 6.07) is 0. The molecule has 1 aliphatic carbocycles. The van der Waals surface area contributed by atoms with E-state index in [-0.39, 0.29) is 0 Å². The molecule has 2 aliphatic rings. The Morgan fingerprint density at radius 3 is 2.64 bits per heavy atom. The first-order valence-electron chi connectivity index (χ1n) is 5.79. The third kappa shape index (κ3) is 1.82. The van der Waals surface area contributed by atoms with Crippen molar-refractivity contribution in [3.63, 3.8) is 0 Å². The number of hydrogen-bond donors (Lipinski definition) is 1. The van der Waals surface area contributed by atoms with E-state index < -0.39 is 0 Å². The summed E-state index contributed by atoms with van der Waals surface area (Å²) in [7, 11) is 0. The standard InChI is InChI=1S/C11H22N2S/c1-14-10-4-7-13(8-10)11(9-12)5-2-3-6-11/h10H,2-9,12H2,1H3. The van der Waals surface area contributed by atoms with Crippen LogP contribution in [0.1, 0.15) is 32.1 Å². The van der Waals surface area contributed by atoms with Gasteiger partial charge in [-0.25, -0.2) is 0 Å². The van der Waals surface area contributed by atoms with E-state index in [9.17, 15) is 0 Å². The number of thioether (sulfide) groups is 1. The molecule has 2 fully saturated rings. The highest BCUT2D eigenvalue weighted by Crippen LogP contribution is 2.37. The fraction of sp³-hybridized carbons (Fsp3) is 1.00. The summed E-state index contributed by atoms with van der Waals surface area (Å²) < 4.78 is 0. The molecule has 3 heteroatoms. The fourth-order valence-electron chi connectivity index (χ4n) is 3.03. The highest BCUT2D eigenvalue weighted by molar-refractivity contribution is 7.99. The Bertz CT molecular complexity index is 190. The summed E-state index contributed by atoms with van der Waals surface area (Å²) in [5, 5.41) is 0.860. The van der Waals surface area contributed by atoms with Gasteiger partial charge in [-0.3, -0.25) is 4.90 Å². The average molecular weight is 214 g/mol. The van der Waals surface area contributed by atoms with Gasteiger partial charge < -0.3 is 5.73 Å². The molecular weight excluding hydrogens is 192 g/mol. The molecule has 82 valence electrons. The lowest BCUT2D eigenvalue weighted by Crippen LogP contribution is -2.51. The van der Waals surface area contributed by atoms with Crippen molar-refractivity contribution in [2.75, 3.05) is 25.9 Å². The molecule has 1 aliphatic heterocycles. The average Bonchev–Trinajstić information content (AvgIpc) is 2.87. The topological polar surface area (TPSA) is 29.3 Å². The van der Waals surface area contributed by atoms with Crippen LogP contribution in [-0.2, 0) is 0 Å². The van der Waals surface area contributed by atoms with Crippen molar-refractivity contribution in [2.24, 2.45) is 5.73 Å². The molecule has 0 spiro atoms. The first-order valence-corrected chi connectivity index (χ1v) is 7.07. The Kier molecular flexibility index (Phi) is 3.40. The maximum atomic E-state index is 5.99. The SMILES string of the molecule is CSC1CCN(C2(CN)CCCC2)C1. The summed E-state index contributed by atoms with van der Waals surface area (Å²) in [6.07, 6.45) is 9.05. The van der Waals surface area contributed by atoms with Crippen LogP contribution in [0.5, 0.6) is 0 Å². The van der Waals surface area contributed by atoms with Gasteiger partial charge in [0.1, 0.15) is 0 Å². The molecule has 0 radical (unpaired) electrons. The molecule has 0 bridgehead atoms. The molecule has 0 aromatic rings. The minimum atomic E-state index is 0.393. The van der Waals surface area contributed by atoms with Gasteiger partial charge in [-0.1, -0.05) is 12.8 Å². The Morgan fingerprint density at radius 1 is 1.43 bits per heavy atom. The molecule has 1 saturated heterocycles. The van der Waals surface area contributed by atoms with Gasteiger partial charge in [-0.15, -0.1) is 0 Å². The first-order chi connectivity index (χ1) is 6.80. The molecule has 1 saturated carbocycles. The van der Waals surface area contributed by atoms with E-state index in [0.29, 0.717) is 5.54 Å². The molecule has 1 atom stereocenters. The van der Waals surface area contributed by atoms with E-state index >= 15 is 0 Å². The zero-order valence-corrected chi connectivity index (χ0v) is 9.98. The van der Waals surface area contributed by atoms with Gasteiger partial charge >= 0.3 is 0 Å². The maximum absolute atomic E-state index is 5.99. The smallest absolute Gasteiger partial charge is 0.0332 e. The molecule has 1 heterocycles. The molecule has 2 rings (SSSR count). The summed E-state index contributed by atoms with van der Waals surface area (Å²) in [4.78, 5) is 2.68. The van der Waals surface area contributed by atoms with Gasteiger partial charge in [0.15, 0.2) is 0 Å². The van der Waals surface area contributed by atoms with Crippen LogP contribution in [-0.4, -0.2) is 41.6 Å². The summed E-state index contributed by atoms with van der Waals surface area (Å²) in [5.41, 5.74) is 6.38. The molecular formula is C11H22N2S. The van der Waals surface area contributed by atoms with Crippen LogP contribution in [0.2, 0.25) is 0 Å². The first kappa shape index (κ1) is 10.8. The Morgan fingerprint density at radius 2 is 2.14 bits per heavy atom. The highest BCUT2D eigenvalue weighted by atomic mass is 32.2. The molecule has 2 N–H and O–H groups in total. The van der Waals surface area contributed by atoms with Gasteiger partial charge in [0, 0.05) is 23.9 Å². The summed E-state index contributed by atoms with van der Waals surface area (Å²) in [5.74, 6) is 0. The molecule has 0 aromatic carbocycles. The molecule has 14 heavy (non-hydrogen) atoms. The van der Waals surface area contributed by atoms with Gasteiger partial charge in [-0.2, -0.15) is 11.8 Å². The van der Waals surface area contributed by atoms with Gasteiger partial charge in [-0.05, 0) is 32.1 Å². The van der Waals surface area contributed by atoms with E-state index in [1.54, 1.807) is 0 Å². The second-order valence-corrected chi connectivity index (χ2v) is 5.87.